The zero-order chi connectivity index (χ0) is 14.5. The molecule has 1 aromatic heterocycles. The van der Waals surface area contributed by atoms with E-state index in [1.165, 1.54) is 21.5 Å². The molecule has 3 aromatic rings. The van der Waals surface area contributed by atoms with E-state index in [2.05, 4.69) is 78.6 Å². The van der Waals surface area contributed by atoms with Gasteiger partial charge in [-0.15, -0.1) is 0 Å². The van der Waals surface area contributed by atoms with Crippen molar-refractivity contribution in [2.24, 2.45) is 0 Å². The van der Waals surface area contributed by atoms with E-state index >= 15 is 0 Å². The lowest BCUT2D eigenvalue weighted by Gasteiger charge is -2.21. The Labute approximate surface area is 127 Å². The molecule has 0 saturated carbocycles. The Morgan fingerprint density at radius 1 is 0.810 bits per heavy atom. The summed E-state index contributed by atoms with van der Waals surface area (Å²) in [4.78, 5) is 4.38. The molecule has 0 spiro atoms. The van der Waals surface area contributed by atoms with Crippen molar-refractivity contribution < 1.29 is 0 Å². The lowest BCUT2D eigenvalue weighted by molar-refractivity contribution is 1.14. The van der Waals surface area contributed by atoms with Crippen molar-refractivity contribution in [3.05, 3.63) is 84.7 Å². The Bertz CT molecular complexity index is 656. The maximum absolute atomic E-state index is 4.38. The summed E-state index contributed by atoms with van der Waals surface area (Å²) < 4.78 is 0. The quantitative estimate of drug-likeness (QED) is 0.671. The Morgan fingerprint density at radius 2 is 1.38 bits per heavy atom. The van der Waals surface area contributed by atoms with E-state index in [4.69, 9.17) is 0 Å². The molecule has 0 fully saturated rings. The van der Waals surface area contributed by atoms with Gasteiger partial charge in [-0.05, 0) is 36.6 Å². The number of aryl methyl sites for hydroxylation is 1. The van der Waals surface area contributed by atoms with Gasteiger partial charge in [0.05, 0.1) is 0 Å². The van der Waals surface area contributed by atoms with E-state index in [1.54, 1.807) is 0 Å². The van der Waals surface area contributed by atoms with E-state index in [-0.39, 0.29) is 0 Å². The topological polar surface area (TPSA) is 12.9 Å². The number of pyridine rings is 1. The van der Waals surface area contributed by atoms with E-state index in [0.717, 1.165) is 6.42 Å². The lowest BCUT2D eigenvalue weighted by Crippen LogP contribution is -2.23. The molecular formula is C19H18NP. The molecule has 1 heterocycles. The number of rotatable bonds is 4. The minimum atomic E-state index is -0.535. The summed E-state index contributed by atoms with van der Waals surface area (Å²) in [7, 11) is -0.535. The van der Waals surface area contributed by atoms with Crippen LogP contribution in [0.2, 0.25) is 0 Å². The number of hydrogen-bond donors (Lipinski definition) is 0. The molecule has 0 N–H and O–H groups in total. The molecule has 0 amide bonds. The highest BCUT2D eigenvalue weighted by Gasteiger charge is 2.18. The van der Waals surface area contributed by atoms with Crippen LogP contribution in [0.5, 0.6) is 0 Å². The Morgan fingerprint density at radius 3 is 1.90 bits per heavy atom. The van der Waals surface area contributed by atoms with Crippen LogP contribution in [0.1, 0.15) is 12.5 Å². The molecule has 3 rings (SSSR count). The van der Waals surface area contributed by atoms with E-state index in [9.17, 15) is 0 Å². The predicted molar refractivity (Wildman–Crippen MR) is 92.3 cm³/mol. The first kappa shape index (κ1) is 14.0. The van der Waals surface area contributed by atoms with Crippen LogP contribution in [0, 0.1) is 0 Å². The third-order valence-electron chi connectivity index (χ3n) is 3.54. The molecule has 0 bridgehead atoms. The first-order valence-corrected chi connectivity index (χ1v) is 8.57. The van der Waals surface area contributed by atoms with Gasteiger partial charge in [0, 0.05) is 17.7 Å². The number of nitrogens with zero attached hydrogens (tertiary/aromatic N) is 1. The van der Waals surface area contributed by atoms with Crippen LogP contribution in [0.25, 0.3) is 0 Å². The second-order valence-electron chi connectivity index (χ2n) is 4.86. The maximum Gasteiger partial charge on any atom is 0.0354 e. The lowest BCUT2D eigenvalue weighted by atomic mass is 10.2. The van der Waals surface area contributed by atoms with Crippen LogP contribution in [0.4, 0.5) is 0 Å². The predicted octanol–water partition coefficient (Wildman–Crippen LogP) is 3.40. The molecule has 2 heteroatoms. The van der Waals surface area contributed by atoms with Gasteiger partial charge >= 0.3 is 0 Å². The average Bonchev–Trinajstić information content (AvgIpc) is 2.58. The third-order valence-corrected chi connectivity index (χ3v) is 6.05. The van der Waals surface area contributed by atoms with Gasteiger partial charge in [-0.2, -0.15) is 0 Å². The highest BCUT2D eigenvalue weighted by Crippen LogP contribution is 2.33. The van der Waals surface area contributed by atoms with Gasteiger partial charge in [-0.1, -0.05) is 67.6 Å². The van der Waals surface area contributed by atoms with Crippen molar-refractivity contribution >= 4 is 23.8 Å². The van der Waals surface area contributed by atoms with Gasteiger partial charge in [0.1, 0.15) is 0 Å². The molecule has 1 nitrogen and oxygen atoms in total. The standard InChI is InChI=1S/C19H18NP/c1-2-16-13-14-20-15-19(16)21(17-9-5-3-6-10-17)18-11-7-4-8-12-18/h3-15H,2H2,1H3. The van der Waals surface area contributed by atoms with E-state index < -0.39 is 7.92 Å². The summed E-state index contributed by atoms with van der Waals surface area (Å²) in [6.45, 7) is 2.21. The first-order valence-electron chi connectivity index (χ1n) is 7.23. The molecule has 0 saturated heterocycles. The van der Waals surface area contributed by atoms with Gasteiger partial charge in [0.25, 0.3) is 0 Å². The van der Waals surface area contributed by atoms with E-state index in [0.29, 0.717) is 0 Å². The smallest absolute Gasteiger partial charge is 0.0354 e. The maximum atomic E-state index is 4.38. The fourth-order valence-electron chi connectivity index (χ4n) is 2.50. The van der Waals surface area contributed by atoms with E-state index in [1.807, 2.05) is 12.4 Å². The van der Waals surface area contributed by atoms with Crippen LogP contribution in [0.15, 0.2) is 79.1 Å². The van der Waals surface area contributed by atoms with Crippen LogP contribution in [0.3, 0.4) is 0 Å². The zero-order valence-electron chi connectivity index (χ0n) is 12.1. The fourth-order valence-corrected chi connectivity index (χ4v) is 4.99. The number of hydrogen-bond acceptors (Lipinski definition) is 1. The van der Waals surface area contributed by atoms with Crippen molar-refractivity contribution in [3.63, 3.8) is 0 Å². The van der Waals surface area contributed by atoms with Crippen LogP contribution < -0.4 is 15.9 Å². The molecule has 0 aliphatic rings. The van der Waals surface area contributed by atoms with Gasteiger partial charge in [-0.3, -0.25) is 4.98 Å². The molecule has 21 heavy (non-hydrogen) atoms. The van der Waals surface area contributed by atoms with Crippen molar-refractivity contribution in [1.82, 2.24) is 4.98 Å². The van der Waals surface area contributed by atoms with Gasteiger partial charge < -0.3 is 0 Å². The first-order chi connectivity index (χ1) is 10.4. The summed E-state index contributed by atoms with van der Waals surface area (Å²) in [5, 5.41) is 4.12. The SMILES string of the molecule is CCc1ccncc1P(c1ccccc1)c1ccccc1. The molecule has 0 aliphatic carbocycles. The van der Waals surface area contributed by atoms with Crippen molar-refractivity contribution in [3.8, 4) is 0 Å². The molecular weight excluding hydrogens is 273 g/mol. The molecule has 2 aromatic carbocycles. The van der Waals surface area contributed by atoms with Crippen molar-refractivity contribution in [1.29, 1.82) is 0 Å². The molecule has 0 atom stereocenters. The van der Waals surface area contributed by atoms with Gasteiger partial charge in [0.15, 0.2) is 0 Å². The Hall–Kier alpha value is -1.98. The molecule has 0 aliphatic heterocycles. The van der Waals surface area contributed by atoms with Crippen LogP contribution in [-0.2, 0) is 6.42 Å². The number of benzene rings is 2. The number of aromatic nitrogens is 1. The van der Waals surface area contributed by atoms with Crippen LogP contribution in [-0.4, -0.2) is 4.98 Å². The van der Waals surface area contributed by atoms with Crippen molar-refractivity contribution in [2.45, 2.75) is 13.3 Å². The Kier molecular flexibility index (Phi) is 4.43. The fraction of sp³-hybridized carbons (Fsp3) is 0.105. The highest BCUT2D eigenvalue weighted by molar-refractivity contribution is 7.79. The summed E-state index contributed by atoms with van der Waals surface area (Å²) >= 11 is 0. The molecule has 0 radical (unpaired) electrons. The van der Waals surface area contributed by atoms with Gasteiger partial charge in [0.2, 0.25) is 0 Å². The summed E-state index contributed by atoms with van der Waals surface area (Å²) in [6.07, 6.45) is 4.98. The van der Waals surface area contributed by atoms with Gasteiger partial charge in [-0.25, -0.2) is 0 Å². The third kappa shape index (κ3) is 3.04. The van der Waals surface area contributed by atoms with Crippen molar-refractivity contribution in [2.75, 3.05) is 0 Å². The summed E-state index contributed by atoms with van der Waals surface area (Å²) in [5.74, 6) is 0. The van der Waals surface area contributed by atoms with Crippen LogP contribution >= 0.6 is 7.92 Å². The average molecular weight is 291 g/mol. The second-order valence-corrected chi connectivity index (χ2v) is 7.05. The summed E-state index contributed by atoms with van der Waals surface area (Å²) in [5.41, 5.74) is 1.39. The zero-order valence-corrected chi connectivity index (χ0v) is 13.0. The Balaban J connectivity index is 2.17. The second kappa shape index (κ2) is 6.65. The monoisotopic (exact) mass is 291 g/mol. The normalized spacial score (nSPS) is 10.8. The molecule has 104 valence electrons. The largest absolute Gasteiger partial charge is 0.264 e. The minimum absolute atomic E-state index is 0.535. The minimum Gasteiger partial charge on any atom is -0.264 e. The highest BCUT2D eigenvalue weighted by atomic mass is 31.1. The molecule has 0 unspecified atom stereocenters. The summed E-state index contributed by atoms with van der Waals surface area (Å²) in [6, 6.07) is 23.7.